The van der Waals surface area contributed by atoms with Gasteiger partial charge in [-0.05, 0) is 86.6 Å². The average molecular weight is 484 g/mol. The van der Waals surface area contributed by atoms with Gasteiger partial charge in [-0.3, -0.25) is 4.68 Å². The van der Waals surface area contributed by atoms with Crippen molar-refractivity contribution in [3.05, 3.63) is 82.8 Å². The zero-order chi connectivity index (χ0) is 23.5. The Labute approximate surface area is 209 Å². The Morgan fingerprint density at radius 1 is 0.971 bits per heavy atom. The maximum atomic E-state index is 4.74. The van der Waals surface area contributed by atoms with Gasteiger partial charge in [0.25, 0.3) is 0 Å². The maximum Gasteiger partial charge on any atom is 0.247 e. The molecular formula is C27H29N7S. The highest BCUT2D eigenvalue weighted by Gasteiger charge is 2.12. The molecule has 0 unspecified atom stereocenters. The molecule has 0 saturated carbocycles. The normalized spacial score (nSPS) is 14.2. The van der Waals surface area contributed by atoms with Crippen molar-refractivity contribution in [1.29, 1.82) is 0 Å². The summed E-state index contributed by atoms with van der Waals surface area (Å²) < 4.78 is 3.84. The topological polar surface area (TPSA) is 63.3 Å². The summed E-state index contributed by atoms with van der Waals surface area (Å²) in [4.78, 5) is 8.55. The highest BCUT2D eigenvalue weighted by molar-refractivity contribution is 7.09. The minimum absolute atomic E-state index is 0.588. The van der Waals surface area contributed by atoms with Crippen LogP contribution in [0.2, 0.25) is 0 Å². The van der Waals surface area contributed by atoms with E-state index in [0.717, 1.165) is 35.6 Å². The number of anilines is 2. The SMILES string of the molecule is c1csc(Cn2cc(-c3cccc4nc(Nc5ccc(CCCN6CCCC6)cc5)nn34)cn2)c1. The molecule has 0 radical (unpaired) electrons. The molecule has 7 nitrogen and oxygen atoms in total. The second-order valence-corrected chi connectivity index (χ2v) is 10.1. The number of nitrogens with one attached hydrogen (secondary N) is 1. The molecule has 0 aliphatic carbocycles. The van der Waals surface area contributed by atoms with Crippen LogP contribution >= 0.6 is 11.3 Å². The van der Waals surface area contributed by atoms with Crippen molar-refractivity contribution in [3.63, 3.8) is 0 Å². The van der Waals surface area contributed by atoms with Gasteiger partial charge in [0.1, 0.15) is 0 Å². The van der Waals surface area contributed by atoms with Crippen LogP contribution in [0.15, 0.2) is 72.4 Å². The van der Waals surface area contributed by atoms with Gasteiger partial charge in [0.05, 0.1) is 18.4 Å². The molecule has 6 rings (SSSR count). The quantitative estimate of drug-likeness (QED) is 0.301. The summed E-state index contributed by atoms with van der Waals surface area (Å²) in [7, 11) is 0. The number of likely N-dealkylation sites (tertiary alicyclic amines) is 1. The third kappa shape index (κ3) is 5.13. The summed E-state index contributed by atoms with van der Waals surface area (Å²) in [6.45, 7) is 4.52. The summed E-state index contributed by atoms with van der Waals surface area (Å²) in [6, 6.07) is 18.9. The summed E-state index contributed by atoms with van der Waals surface area (Å²) >= 11 is 1.74. The summed E-state index contributed by atoms with van der Waals surface area (Å²) in [6.07, 6.45) is 9.00. The van der Waals surface area contributed by atoms with Crippen LogP contribution < -0.4 is 5.32 Å². The molecule has 5 aromatic rings. The number of hydrogen-bond donors (Lipinski definition) is 1. The van der Waals surface area contributed by atoms with Crippen LogP contribution in [-0.4, -0.2) is 48.9 Å². The van der Waals surface area contributed by atoms with E-state index in [2.05, 4.69) is 74.3 Å². The number of thiophene rings is 1. The molecular weight excluding hydrogens is 454 g/mol. The van der Waals surface area contributed by atoms with Crippen LogP contribution in [0, 0.1) is 0 Å². The van der Waals surface area contributed by atoms with Gasteiger partial charge >= 0.3 is 0 Å². The van der Waals surface area contributed by atoms with Crippen LogP contribution in [0.1, 0.15) is 29.7 Å². The third-order valence-corrected chi connectivity index (χ3v) is 7.40. The van der Waals surface area contributed by atoms with Crippen molar-refractivity contribution in [2.45, 2.75) is 32.2 Å². The van der Waals surface area contributed by atoms with Crippen LogP contribution in [0.3, 0.4) is 0 Å². The van der Waals surface area contributed by atoms with E-state index in [9.17, 15) is 0 Å². The van der Waals surface area contributed by atoms with Gasteiger partial charge in [0, 0.05) is 22.3 Å². The maximum absolute atomic E-state index is 4.74. The first-order valence-electron chi connectivity index (χ1n) is 12.3. The van der Waals surface area contributed by atoms with Crippen LogP contribution in [0.25, 0.3) is 16.9 Å². The van der Waals surface area contributed by atoms with Gasteiger partial charge < -0.3 is 10.2 Å². The Hall–Kier alpha value is -3.49. The van der Waals surface area contributed by atoms with Crippen LogP contribution in [-0.2, 0) is 13.0 Å². The Kier molecular flexibility index (Phi) is 6.30. The minimum atomic E-state index is 0.588. The van der Waals surface area contributed by atoms with E-state index >= 15 is 0 Å². The van der Waals surface area contributed by atoms with Crippen LogP contribution in [0.4, 0.5) is 11.6 Å². The van der Waals surface area contributed by atoms with E-state index < -0.39 is 0 Å². The van der Waals surface area contributed by atoms with Crippen molar-refractivity contribution in [1.82, 2.24) is 29.3 Å². The first kappa shape index (κ1) is 22.0. The first-order chi connectivity index (χ1) is 17.3. The standard InChI is InChI=1S/C27H29N7S/c1-2-15-32(14-1)16-4-6-21-10-12-23(13-11-21)29-27-30-26-9-3-8-25(34(26)31-27)22-18-28-33(19-22)20-24-7-5-17-35-24/h3,5,7-13,17-19H,1-2,4,6,14-16,20H2,(H,29,31). The lowest BCUT2D eigenvalue weighted by molar-refractivity contribution is 0.334. The fraction of sp³-hybridized carbons (Fsp3) is 0.296. The average Bonchev–Trinajstić information content (AvgIpc) is 3.68. The predicted octanol–water partition coefficient (Wildman–Crippen LogP) is 5.47. The molecule has 0 atom stereocenters. The Balaban J connectivity index is 1.13. The summed E-state index contributed by atoms with van der Waals surface area (Å²) in [5, 5.41) is 14.7. The van der Waals surface area contributed by atoms with Crippen molar-refractivity contribution in [3.8, 4) is 11.3 Å². The fourth-order valence-corrected chi connectivity index (χ4v) is 5.41. The fourth-order valence-electron chi connectivity index (χ4n) is 4.72. The lowest BCUT2D eigenvalue weighted by Gasteiger charge is -2.14. The number of nitrogens with zero attached hydrogens (tertiary/aromatic N) is 6. The van der Waals surface area contributed by atoms with Gasteiger partial charge in [-0.15, -0.1) is 16.4 Å². The lowest BCUT2D eigenvalue weighted by Crippen LogP contribution is -2.20. The molecule has 178 valence electrons. The molecule has 5 heterocycles. The van der Waals surface area contributed by atoms with Gasteiger partial charge in [-0.25, -0.2) is 4.52 Å². The van der Waals surface area contributed by atoms with Crippen molar-refractivity contribution in [2.24, 2.45) is 0 Å². The molecule has 0 bridgehead atoms. The van der Waals surface area contributed by atoms with E-state index in [0.29, 0.717) is 5.95 Å². The molecule has 1 N–H and O–H groups in total. The van der Waals surface area contributed by atoms with Crippen molar-refractivity contribution < 1.29 is 0 Å². The van der Waals surface area contributed by atoms with Crippen molar-refractivity contribution >= 4 is 28.6 Å². The molecule has 1 aliphatic rings. The predicted molar refractivity (Wildman–Crippen MR) is 141 cm³/mol. The molecule has 1 saturated heterocycles. The van der Waals surface area contributed by atoms with Gasteiger partial charge in [-0.1, -0.05) is 24.3 Å². The van der Waals surface area contributed by atoms with E-state index in [1.807, 2.05) is 27.5 Å². The molecule has 4 aromatic heterocycles. The Bertz CT molecular complexity index is 1380. The molecule has 1 fully saturated rings. The monoisotopic (exact) mass is 483 g/mol. The first-order valence-corrected chi connectivity index (χ1v) is 13.2. The zero-order valence-electron chi connectivity index (χ0n) is 19.7. The molecule has 1 aromatic carbocycles. The summed E-state index contributed by atoms with van der Waals surface area (Å²) in [5.74, 6) is 0.588. The lowest BCUT2D eigenvalue weighted by atomic mass is 10.1. The van der Waals surface area contributed by atoms with Gasteiger partial charge in [-0.2, -0.15) is 10.1 Å². The van der Waals surface area contributed by atoms with Crippen molar-refractivity contribution in [2.75, 3.05) is 25.0 Å². The Morgan fingerprint density at radius 3 is 2.69 bits per heavy atom. The number of rotatable bonds is 9. The van der Waals surface area contributed by atoms with E-state index in [1.54, 1.807) is 11.3 Å². The number of hydrogen-bond acceptors (Lipinski definition) is 6. The highest BCUT2D eigenvalue weighted by Crippen LogP contribution is 2.23. The second kappa shape index (κ2) is 10.0. The number of benzene rings is 1. The van der Waals surface area contributed by atoms with Crippen LogP contribution in [0.5, 0.6) is 0 Å². The number of aryl methyl sites for hydroxylation is 1. The zero-order valence-corrected chi connectivity index (χ0v) is 20.5. The number of pyridine rings is 1. The molecule has 0 spiro atoms. The molecule has 35 heavy (non-hydrogen) atoms. The second-order valence-electron chi connectivity index (χ2n) is 9.10. The largest absolute Gasteiger partial charge is 0.323 e. The Morgan fingerprint density at radius 2 is 1.86 bits per heavy atom. The molecule has 0 amide bonds. The minimum Gasteiger partial charge on any atom is -0.323 e. The molecule has 8 heteroatoms. The van der Waals surface area contributed by atoms with E-state index in [4.69, 9.17) is 5.10 Å². The third-order valence-electron chi connectivity index (χ3n) is 6.54. The summed E-state index contributed by atoms with van der Waals surface area (Å²) in [5.41, 5.74) is 5.15. The van der Waals surface area contributed by atoms with E-state index in [-0.39, 0.29) is 0 Å². The van der Waals surface area contributed by atoms with E-state index in [1.165, 1.54) is 49.3 Å². The van der Waals surface area contributed by atoms with Gasteiger partial charge in [0.2, 0.25) is 5.95 Å². The molecule has 1 aliphatic heterocycles. The number of aromatic nitrogens is 5. The highest BCUT2D eigenvalue weighted by atomic mass is 32.1. The van der Waals surface area contributed by atoms with Gasteiger partial charge in [0.15, 0.2) is 5.65 Å². The number of fused-ring (bicyclic) bond motifs is 1. The smallest absolute Gasteiger partial charge is 0.247 e.